The predicted octanol–water partition coefficient (Wildman–Crippen LogP) is 4.45. The summed E-state index contributed by atoms with van der Waals surface area (Å²) in [7, 11) is 0. The minimum absolute atomic E-state index is 0.283. The maximum Gasteiger partial charge on any atom is 0.256 e. The molecule has 2 aromatic carbocycles. The molecule has 3 aromatic rings. The van der Waals surface area contributed by atoms with Crippen LogP contribution in [0.1, 0.15) is 32.0 Å². The normalized spacial score (nSPS) is 10.4. The van der Waals surface area contributed by atoms with Gasteiger partial charge in [-0.05, 0) is 55.8 Å². The summed E-state index contributed by atoms with van der Waals surface area (Å²) in [5.41, 5.74) is 2.38. The number of carbonyl (C=O) groups excluding carboxylic acids is 2. The minimum Gasteiger partial charge on any atom is -0.360 e. The number of nitrogens with one attached hydrogen (secondary N) is 2. The molecule has 0 bridgehead atoms. The van der Waals surface area contributed by atoms with Gasteiger partial charge in [0.2, 0.25) is 0 Å². The number of rotatable bonds is 4. The van der Waals surface area contributed by atoms with Gasteiger partial charge < -0.3 is 15.2 Å². The van der Waals surface area contributed by atoms with Crippen LogP contribution in [0.5, 0.6) is 0 Å². The molecule has 7 heteroatoms. The second kappa shape index (κ2) is 7.41. The van der Waals surface area contributed by atoms with Gasteiger partial charge >= 0.3 is 0 Å². The van der Waals surface area contributed by atoms with Gasteiger partial charge in [-0.1, -0.05) is 22.8 Å². The van der Waals surface area contributed by atoms with Crippen molar-refractivity contribution < 1.29 is 14.1 Å². The van der Waals surface area contributed by atoms with Gasteiger partial charge in [0.05, 0.1) is 0 Å². The number of hydrogen-bond donors (Lipinski definition) is 2. The largest absolute Gasteiger partial charge is 0.360 e. The number of aromatic nitrogens is 1. The third-order valence-electron chi connectivity index (χ3n) is 3.73. The highest BCUT2D eigenvalue weighted by atomic mass is 35.5. The van der Waals surface area contributed by atoms with Crippen LogP contribution >= 0.6 is 11.6 Å². The van der Waals surface area contributed by atoms with Crippen molar-refractivity contribution in [3.63, 3.8) is 0 Å². The Balaban J connectivity index is 1.69. The summed E-state index contributed by atoms with van der Waals surface area (Å²) in [6.45, 7) is 3.61. The van der Waals surface area contributed by atoms with Gasteiger partial charge in [-0.15, -0.1) is 0 Å². The highest BCUT2D eigenvalue weighted by Gasteiger charge is 2.12. The zero-order valence-corrected chi connectivity index (χ0v) is 14.9. The fourth-order valence-electron chi connectivity index (χ4n) is 2.31. The first-order valence-electron chi connectivity index (χ1n) is 7.84. The van der Waals surface area contributed by atoms with E-state index in [2.05, 4.69) is 15.8 Å². The standard InChI is InChI=1S/C19H16ClN3O3/c1-11-3-8-15(20)10-16(11)21-18(24)13-4-6-14(7-5-13)19(25)22-17-9-12(2)26-23-17/h3-10H,1-2H3,(H,21,24)(H,22,23,25). The Morgan fingerprint density at radius 3 is 2.12 bits per heavy atom. The van der Waals surface area contributed by atoms with E-state index in [-0.39, 0.29) is 11.8 Å². The third-order valence-corrected chi connectivity index (χ3v) is 3.96. The van der Waals surface area contributed by atoms with Crippen molar-refractivity contribution in [2.45, 2.75) is 13.8 Å². The van der Waals surface area contributed by atoms with E-state index < -0.39 is 0 Å². The molecule has 0 atom stereocenters. The number of benzene rings is 2. The second-order valence-electron chi connectivity index (χ2n) is 5.77. The molecule has 0 aliphatic rings. The van der Waals surface area contributed by atoms with Crippen LogP contribution in [0.2, 0.25) is 5.02 Å². The predicted molar refractivity (Wildman–Crippen MR) is 99.8 cm³/mol. The van der Waals surface area contributed by atoms with Crippen LogP contribution in [-0.4, -0.2) is 17.0 Å². The number of halogens is 1. The molecule has 1 heterocycles. The van der Waals surface area contributed by atoms with E-state index >= 15 is 0 Å². The van der Waals surface area contributed by atoms with Crippen LogP contribution in [0.15, 0.2) is 53.1 Å². The molecule has 0 aliphatic carbocycles. The SMILES string of the molecule is Cc1cc(NC(=O)c2ccc(C(=O)Nc3cc(Cl)ccc3C)cc2)no1. The van der Waals surface area contributed by atoms with Crippen molar-refractivity contribution in [3.8, 4) is 0 Å². The van der Waals surface area contributed by atoms with Crippen molar-refractivity contribution >= 4 is 34.9 Å². The molecule has 132 valence electrons. The lowest BCUT2D eigenvalue weighted by Crippen LogP contribution is -2.15. The van der Waals surface area contributed by atoms with Crippen LogP contribution in [0.25, 0.3) is 0 Å². The van der Waals surface area contributed by atoms with Crippen molar-refractivity contribution in [3.05, 3.63) is 76.0 Å². The average Bonchev–Trinajstić information content (AvgIpc) is 3.03. The molecule has 0 spiro atoms. The molecule has 6 nitrogen and oxygen atoms in total. The smallest absolute Gasteiger partial charge is 0.256 e. The maximum absolute atomic E-state index is 12.4. The van der Waals surface area contributed by atoms with Crippen LogP contribution < -0.4 is 10.6 Å². The van der Waals surface area contributed by atoms with Crippen LogP contribution in [0, 0.1) is 13.8 Å². The molecular formula is C19H16ClN3O3. The van der Waals surface area contributed by atoms with Gasteiger partial charge in [0.25, 0.3) is 11.8 Å². The number of nitrogens with zero attached hydrogens (tertiary/aromatic N) is 1. The van der Waals surface area contributed by atoms with E-state index in [1.807, 2.05) is 13.0 Å². The topological polar surface area (TPSA) is 84.2 Å². The summed E-state index contributed by atoms with van der Waals surface area (Å²) in [5, 5.41) is 9.68. The van der Waals surface area contributed by atoms with Gasteiger partial charge in [0.1, 0.15) is 5.76 Å². The zero-order chi connectivity index (χ0) is 18.7. The zero-order valence-electron chi connectivity index (χ0n) is 14.2. The van der Waals surface area contributed by atoms with Gasteiger partial charge in [-0.3, -0.25) is 9.59 Å². The van der Waals surface area contributed by atoms with E-state index in [0.29, 0.717) is 33.4 Å². The van der Waals surface area contributed by atoms with E-state index in [4.69, 9.17) is 16.1 Å². The molecule has 0 aliphatic heterocycles. The third kappa shape index (κ3) is 4.10. The molecule has 26 heavy (non-hydrogen) atoms. The van der Waals surface area contributed by atoms with Crippen LogP contribution in [-0.2, 0) is 0 Å². The average molecular weight is 370 g/mol. The van der Waals surface area contributed by atoms with Gasteiger partial charge in [0, 0.05) is 27.9 Å². The Morgan fingerprint density at radius 1 is 0.923 bits per heavy atom. The Labute approximate surface area is 155 Å². The fourth-order valence-corrected chi connectivity index (χ4v) is 2.48. The summed E-state index contributed by atoms with van der Waals surface area (Å²) < 4.78 is 4.90. The summed E-state index contributed by atoms with van der Waals surface area (Å²) in [6, 6.07) is 13.2. The lowest BCUT2D eigenvalue weighted by molar-refractivity contribution is 0.101. The molecule has 0 saturated carbocycles. The molecule has 0 saturated heterocycles. The highest BCUT2D eigenvalue weighted by molar-refractivity contribution is 6.31. The van der Waals surface area contributed by atoms with E-state index in [9.17, 15) is 9.59 Å². The molecule has 2 N–H and O–H groups in total. The monoisotopic (exact) mass is 369 g/mol. The van der Waals surface area contributed by atoms with E-state index in [0.717, 1.165) is 5.56 Å². The number of amides is 2. The lowest BCUT2D eigenvalue weighted by Gasteiger charge is -2.09. The number of hydrogen-bond acceptors (Lipinski definition) is 4. The molecule has 0 unspecified atom stereocenters. The second-order valence-corrected chi connectivity index (χ2v) is 6.20. The molecular weight excluding hydrogens is 354 g/mol. The quantitative estimate of drug-likeness (QED) is 0.711. The molecule has 3 rings (SSSR count). The summed E-state index contributed by atoms with van der Waals surface area (Å²) in [5.74, 6) is 0.319. The first-order chi connectivity index (χ1) is 12.4. The Bertz CT molecular complexity index is 964. The summed E-state index contributed by atoms with van der Waals surface area (Å²) in [4.78, 5) is 24.5. The highest BCUT2D eigenvalue weighted by Crippen LogP contribution is 2.21. The number of aryl methyl sites for hydroxylation is 2. The Hall–Kier alpha value is -3.12. The summed E-state index contributed by atoms with van der Waals surface area (Å²) in [6.07, 6.45) is 0. The van der Waals surface area contributed by atoms with E-state index in [1.165, 1.54) is 0 Å². The number of anilines is 2. The van der Waals surface area contributed by atoms with Crippen molar-refractivity contribution in [1.82, 2.24) is 5.16 Å². The van der Waals surface area contributed by atoms with E-state index in [1.54, 1.807) is 49.4 Å². The van der Waals surface area contributed by atoms with Crippen LogP contribution in [0.4, 0.5) is 11.5 Å². The summed E-state index contributed by atoms with van der Waals surface area (Å²) >= 11 is 5.96. The Kier molecular flexibility index (Phi) is 5.04. The molecule has 2 amide bonds. The first kappa shape index (κ1) is 17.7. The van der Waals surface area contributed by atoms with Crippen molar-refractivity contribution in [1.29, 1.82) is 0 Å². The maximum atomic E-state index is 12.4. The van der Waals surface area contributed by atoms with Gasteiger partial charge in [-0.25, -0.2) is 0 Å². The van der Waals surface area contributed by atoms with Gasteiger partial charge in [0.15, 0.2) is 5.82 Å². The molecule has 0 radical (unpaired) electrons. The number of carbonyl (C=O) groups is 2. The Morgan fingerprint density at radius 2 is 1.54 bits per heavy atom. The van der Waals surface area contributed by atoms with Crippen LogP contribution in [0.3, 0.4) is 0 Å². The first-order valence-corrected chi connectivity index (χ1v) is 8.22. The molecule has 0 fully saturated rings. The molecule has 1 aromatic heterocycles. The van der Waals surface area contributed by atoms with Crippen molar-refractivity contribution in [2.75, 3.05) is 10.6 Å². The minimum atomic E-state index is -0.337. The van der Waals surface area contributed by atoms with Gasteiger partial charge in [-0.2, -0.15) is 0 Å². The fraction of sp³-hybridized carbons (Fsp3) is 0.105. The van der Waals surface area contributed by atoms with Crippen molar-refractivity contribution in [2.24, 2.45) is 0 Å². The lowest BCUT2D eigenvalue weighted by atomic mass is 10.1.